The van der Waals surface area contributed by atoms with Gasteiger partial charge in [0, 0.05) is 45.3 Å². The van der Waals surface area contributed by atoms with Crippen molar-refractivity contribution in [2.75, 3.05) is 39.3 Å². The number of carbonyl (C=O) groups excluding carboxylic acids is 4. The van der Waals surface area contributed by atoms with E-state index in [4.69, 9.17) is 18.9 Å². The van der Waals surface area contributed by atoms with Crippen LogP contribution in [0.5, 0.6) is 0 Å². The molecule has 0 saturated carbocycles. The van der Waals surface area contributed by atoms with Crippen molar-refractivity contribution in [3.05, 3.63) is 0 Å². The Labute approximate surface area is 271 Å². The molecule has 1 rings (SSSR count). The first kappa shape index (κ1) is 40.1. The highest BCUT2D eigenvalue weighted by atomic mass is 16.6. The molecule has 0 aromatic rings. The van der Waals surface area contributed by atoms with Crippen molar-refractivity contribution in [2.45, 2.75) is 150 Å². The van der Waals surface area contributed by atoms with Crippen molar-refractivity contribution in [1.29, 1.82) is 0 Å². The van der Waals surface area contributed by atoms with Gasteiger partial charge in [0.15, 0.2) is 0 Å². The van der Waals surface area contributed by atoms with Gasteiger partial charge < -0.3 is 39.0 Å². The average molecular weight is 643 g/mol. The number of nitrogens with zero attached hydrogens (tertiary/aromatic N) is 3. The molecule has 45 heavy (non-hydrogen) atoms. The molecular formula is C33H62N4O8. The summed E-state index contributed by atoms with van der Waals surface area (Å²) < 4.78 is 22.3. The standard InChI is InChI=1S/C33H62N4O8/c1-30(2,3)42-26(38)34-19-15-20-35(27(39)43-31(4,5)6)21-16-22-36(28(40)44-32(7,8)9)24-18-25-17-13-14-23-37(25)29(41)45-33(10,11)12/h25H,13-24H2,1-12H3,(H,34,38). The van der Waals surface area contributed by atoms with Gasteiger partial charge in [-0.25, -0.2) is 19.2 Å². The van der Waals surface area contributed by atoms with Crippen LogP contribution in [0.1, 0.15) is 122 Å². The van der Waals surface area contributed by atoms with Crippen LogP contribution in [0.25, 0.3) is 0 Å². The first-order chi connectivity index (χ1) is 20.5. The van der Waals surface area contributed by atoms with Crippen molar-refractivity contribution in [1.82, 2.24) is 20.0 Å². The van der Waals surface area contributed by atoms with Gasteiger partial charge in [0.25, 0.3) is 0 Å². The Balaban J connectivity index is 2.91. The fourth-order valence-electron chi connectivity index (χ4n) is 4.64. The summed E-state index contributed by atoms with van der Waals surface area (Å²) in [6.07, 6.45) is 2.59. The van der Waals surface area contributed by atoms with Crippen LogP contribution < -0.4 is 5.32 Å². The molecule has 262 valence electrons. The number of alkyl carbamates (subject to hydrolysis) is 1. The zero-order valence-electron chi connectivity index (χ0n) is 30.2. The summed E-state index contributed by atoms with van der Waals surface area (Å²) in [5, 5.41) is 2.72. The van der Waals surface area contributed by atoms with Crippen molar-refractivity contribution in [2.24, 2.45) is 0 Å². The van der Waals surface area contributed by atoms with Gasteiger partial charge in [0.2, 0.25) is 0 Å². The minimum Gasteiger partial charge on any atom is -0.444 e. The van der Waals surface area contributed by atoms with Gasteiger partial charge in [0.1, 0.15) is 22.4 Å². The highest BCUT2D eigenvalue weighted by Gasteiger charge is 2.32. The topological polar surface area (TPSA) is 127 Å². The lowest BCUT2D eigenvalue weighted by Crippen LogP contribution is -2.48. The van der Waals surface area contributed by atoms with Crippen molar-refractivity contribution in [3.63, 3.8) is 0 Å². The molecule has 4 amide bonds. The van der Waals surface area contributed by atoms with Crippen LogP contribution in [0.4, 0.5) is 19.2 Å². The fourth-order valence-corrected chi connectivity index (χ4v) is 4.64. The molecule has 0 bridgehead atoms. The van der Waals surface area contributed by atoms with Crippen LogP contribution in [0, 0.1) is 0 Å². The number of nitrogens with one attached hydrogen (secondary N) is 1. The van der Waals surface area contributed by atoms with Gasteiger partial charge in [-0.2, -0.15) is 0 Å². The second-order valence-electron chi connectivity index (χ2n) is 15.7. The molecule has 1 atom stereocenters. The Morgan fingerprint density at radius 3 is 1.60 bits per heavy atom. The largest absolute Gasteiger partial charge is 0.444 e. The lowest BCUT2D eigenvalue weighted by molar-refractivity contribution is 0.00546. The summed E-state index contributed by atoms with van der Waals surface area (Å²) in [4.78, 5) is 56.3. The molecule has 12 nitrogen and oxygen atoms in total. The van der Waals surface area contributed by atoms with E-state index in [1.54, 1.807) is 35.5 Å². The predicted molar refractivity (Wildman–Crippen MR) is 174 cm³/mol. The van der Waals surface area contributed by atoms with Crippen molar-refractivity contribution in [3.8, 4) is 0 Å². The number of rotatable bonds is 11. The molecular weight excluding hydrogens is 580 g/mol. The number of ether oxygens (including phenoxy) is 4. The molecule has 1 saturated heterocycles. The Kier molecular flexibility index (Phi) is 15.3. The van der Waals surface area contributed by atoms with Crippen molar-refractivity contribution < 1.29 is 38.1 Å². The molecule has 1 unspecified atom stereocenters. The second-order valence-corrected chi connectivity index (χ2v) is 15.7. The van der Waals surface area contributed by atoms with Crippen LogP contribution >= 0.6 is 0 Å². The Morgan fingerprint density at radius 2 is 1.11 bits per heavy atom. The molecule has 1 N–H and O–H groups in total. The second kappa shape index (κ2) is 17.1. The van der Waals surface area contributed by atoms with Gasteiger partial charge in [-0.1, -0.05) is 0 Å². The number of hydrogen-bond donors (Lipinski definition) is 1. The Bertz CT molecular complexity index is 960. The summed E-state index contributed by atoms with van der Waals surface area (Å²) >= 11 is 0. The number of piperidine rings is 1. The number of hydrogen-bond acceptors (Lipinski definition) is 8. The van der Waals surface area contributed by atoms with E-state index in [9.17, 15) is 19.2 Å². The SMILES string of the molecule is CC(C)(C)OC(=O)NCCCN(CCCN(CCC1CCCCN1C(=O)OC(C)(C)C)C(=O)OC(C)(C)C)C(=O)OC(C)(C)C. The maximum absolute atomic E-state index is 13.2. The van der Waals surface area contributed by atoms with Gasteiger partial charge in [-0.3, -0.25) is 0 Å². The van der Waals surface area contributed by atoms with E-state index in [1.165, 1.54) is 0 Å². The van der Waals surface area contributed by atoms with Crippen LogP contribution in [-0.4, -0.2) is 107 Å². The summed E-state index contributed by atoms with van der Waals surface area (Å²) in [6, 6.07) is -0.0470. The highest BCUT2D eigenvalue weighted by Crippen LogP contribution is 2.23. The minimum absolute atomic E-state index is 0.0470. The maximum atomic E-state index is 13.2. The van der Waals surface area contributed by atoms with Crippen LogP contribution in [-0.2, 0) is 18.9 Å². The molecule has 12 heteroatoms. The fraction of sp³-hybridized carbons (Fsp3) is 0.879. The van der Waals surface area contributed by atoms with E-state index in [2.05, 4.69) is 5.32 Å². The molecule has 1 aliphatic heterocycles. The van der Waals surface area contributed by atoms with Crippen LogP contribution in [0.15, 0.2) is 0 Å². The van der Waals surface area contributed by atoms with E-state index in [0.717, 1.165) is 19.3 Å². The number of likely N-dealkylation sites (tertiary alicyclic amines) is 1. The van der Waals surface area contributed by atoms with E-state index in [-0.39, 0.29) is 12.1 Å². The monoisotopic (exact) mass is 642 g/mol. The zero-order chi connectivity index (χ0) is 34.6. The molecule has 0 aromatic carbocycles. The number of amides is 4. The third kappa shape index (κ3) is 18.6. The predicted octanol–water partition coefficient (Wildman–Crippen LogP) is 6.95. The minimum atomic E-state index is -0.674. The van der Waals surface area contributed by atoms with Gasteiger partial charge in [0.05, 0.1) is 0 Å². The normalized spacial score (nSPS) is 16.0. The Morgan fingerprint density at radius 1 is 0.644 bits per heavy atom. The lowest BCUT2D eigenvalue weighted by atomic mass is 9.99. The van der Waals surface area contributed by atoms with Crippen LogP contribution in [0.3, 0.4) is 0 Å². The van der Waals surface area contributed by atoms with Gasteiger partial charge in [-0.05, 0) is 122 Å². The van der Waals surface area contributed by atoms with Crippen LogP contribution in [0.2, 0.25) is 0 Å². The summed E-state index contributed by atoms with van der Waals surface area (Å²) in [6.45, 7) is 24.2. The summed E-state index contributed by atoms with van der Waals surface area (Å²) in [5.74, 6) is 0. The summed E-state index contributed by atoms with van der Waals surface area (Å²) in [7, 11) is 0. The first-order valence-electron chi connectivity index (χ1n) is 16.4. The quantitative estimate of drug-likeness (QED) is 0.190. The van der Waals surface area contributed by atoms with E-state index in [0.29, 0.717) is 58.5 Å². The Hall–Kier alpha value is -2.92. The maximum Gasteiger partial charge on any atom is 0.410 e. The summed E-state index contributed by atoms with van der Waals surface area (Å²) in [5.41, 5.74) is -2.54. The van der Waals surface area contributed by atoms with Crippen molar-refractivity contribution >= 4 is 24.4 Å². The van der Waals surface area contributed by atoms with Gasteiger partial charge >= 0.3 is 24.4 Å². The molecule has 1 fully saturated rings. The molecule has 0 aromatic heterocycles. The smallest absolute Gasteiger partial charge is 0.410 e. The third-order valence-corrected chi connectivity index (χ3v) is 6.42. The molecule has 1 heterocycles. The number of carbonyl (C=O) groups is 4. The average Bonchev–Trinajstić information content (AvgIpc) is 2.83. The van der Waals surface area contributed by atoms with E-state index in [1.807, 2.05) is 62.3 Å². The highest BCUT2D eigenvalue weighted by molar-refractivity contribution is 5.70. The zero-order valence-corrected chi connectivity index (χ0v) is 30.2. The van der Waals surface area contributed by atoms with E-state index < -0.39 is 40.7 Å². The molecule has 0 radical (unpaired) electrons. The van der Waals surface area contributed by atoms with Gasteiger partial charge in [-0.15, -0.1) is 0 Å². The van der Waals surface area contributed by atoms with E-state index >= 15 is 0 Å². The third-order valence-electron chi connectivity index (χ3n) is 6.42. The molecule has 0 aliphatic carbocycles. The first-order valence-corrected chi connectivity index (χ1v) is 16.4. The molecule has 1 aliphatic rings. The lowest BCUT2D eigenvalue weighted by Gasteiger charge is -2.38. The molecule has 0 spiro atoms.